The van der Waals surface area contributed by atoms with Gasteiger partial charge in [-0.3, -0.25) is 4.79 Å². The molecule has 0 atom stereocenters. The molecule has 0 aliphatic carbocycles. The number of nitriles is 1. The smallest absolute Gasteiger partial charge is 0.230 e. The Labute approximate surface area is 185 Å². The van der Waals surface area contributed by atoms with Crippen molar-refractivity contribution < 1.29 is 9.53 Å². The van der Waals surface area contributed by atoms with Crippen LogP contribution in [0.1, 0.15) is 29.5 Å². The quantitative estimate of drug-likeness (QED) is 0.649. The molecule has 1 aliphatic rings. The van der Waals surface area contributed by atoms with E-state index in [1.807, 2.05) is 24.3 Å². The lowest BCUT2D eigenvalue weighted by atomic mass is 9.74. The van der Waals surface area contributed by atoms with E-state index in [9.17, 15) is 4.79 Å². The highest BCUT2D eigenvalue weighted by Gasteiger charge is 2.36. The van der Waals surface area contributed by atoms with Crippen molar-refractivity contribution >= 4 is 40.9 Å². The Kier molecular flexibility index (Phi) is 7.85. The van der Waals surface area contributed by atoms with E-state index in [2.05, 4.69) is 11.4 Å². The summed E-state index contributed by atoms with van der Waals surface area (Å²) < 4.78 is 5.54. The number of rotatable bonds is 7. The molecule has 1 saturated heterocycles. The molecule has 0 radical (unpaired) electrons. The second-order valence-corrected chi connectivity index (χ2v) is 8.92. The van der Waals surface area contributed by atoms with Gasteiger partial charge < -0.3 is 10.1 Å². The minimum Gasteiger partial charge on any atom is -0.381 e. The van der Waals surface area contributed by atoms with Gasteiger partial charge in [-0.1, -0.05) is 41.4 Å². The SMILES string of the molecule is N#Cc1ccc(CSCC(=O)NCC2(c3ccc(Cl)cc3Cl)CCOCC2)cc1. The Morgan fingerprint density at radius 2 is 1.90 bits per heavy atom. The molecule has 0 aromatic heterocycles. The van der Waals surface area contributed by atoms with E-state index in [-0.39, 0.29) is 11.3 Å². The maximum absolute atomic E-state index is 12.4. The maximum atomic E-state index is 12.4. The third-order valence-corrected chi connectivity index (χ3v) is 6.71. The van der Waals surface area contributed by atoms with Crippen LogP contribution in [0.3, 0.4) is 0 Å². The average Bonchev–Trinajstić information content (AvgIpc) is 2.73. The van der Waals surface area contributed by atoms with Crippen molar-refractivity contribution in [1.29, 1.82) is 5.26 Å². The standard InChI is InChI=1S/C22H22Cl2N2O2S/c23-18-5-6-19(20(24)11-18)22(7-9-28-10-8-22)15-26-21(27)14-29-13-17-3-1-16(12-25)2-4-17/h1-6,11H,7-10,13-15H2,(H,26,27). The van der Waals surface area contributed by atoms with E-state index in [0.29, 0.717) is 41.1 Å². The van der Waals surface area contributed by atoms with Crippen molar-refractivity contribution in [2.45, 2.75) is 24.0 Å². The van der Waals surface area contributed by atoms with Gasteiger partial charge in [-0.15, -0.1) is 11.8 Å². The van der Waals surface area contributed by atoms with Gasteiger partial charge in [-0.2, -0.15) is 5.26 Å². The second-order valence-electron chi connectivity index (χ2n) is 7.10. The number of halogens is 2. The van der Waals surface area contributed by atoms with Gasteiger partial charge in [0, 0.05) is 41.0 Å². The number of hydrogen-bond acceptors (Lipinski definition) is 4. The molecule has 1 N–H and O–H groups in total. The van der Waals surface area contributed by atoms with E-state index in [4.69, 9.17) is 33.2 Å². The number of carbonyl (C=O) groups excluding carboxylic acids is 1. The summed E-state index contributed by atoms with van der Waals surface area (Å²) in [6.45, 7) is 1.80. The van der Waals surface area contributed by atoms with Crippen LogP contribution in [-0.4, -0.2) is 31.4 Å². The van der Waals surface area contributed by atoms with Gasteiger partial charge in [0.05, 0.1) is 17.4 Å². The van der Waals surface area contributed by atoms with E-state index in [1.54, 1.807) is 30.0 Å². The zero-order chi connectivity index (χ0) is 20.7. The number of carbonyl (C=O) groups is 1. The summed E-state index contributed by atoms with van der Waals surface area (Å²) >= 11 is 14.1. The Morgan fingerprint density at radius 3 is 2.55 bits per heavy atom. The van der Waals surface area contributed by atoms with Crippen LogP contribution in [0.5, 0.6) is 0 Å². The molecule has 152 valence electrons. The van der Waals surface area contributed by atoms with Gasteiger partial charge in [-0.05, 0) is 48.2 Å². The zero-order valence-electron chi connectivity index (χ0n) is 15.9. The van der Waals surface area contributed by atoms with Gasteiger partial charge in [0.2, 0.25) is 5.91 Å². The molecular formula is C22H22Cl2N2O2S. The molecule has 0 saturated carbocycles. The van der Waals surface area contributed by atoms with Crippen LogP contribution < -0.4 is 5.32 Å². The molecule has 4 nitrogen and oxygen atoms in total. The molecule has 3 rings (SSSR count). The average molecular weight is 449 g/mol. The van der Waals surface area contributed by atoms with Crippen LogP contribution in [0, 0.1) is 11.3 Å². The fourth-order valence-electron chi connectivity index (χ4n) is 3.48. The number of benzene rings is 2. The molecule has 0 unspecified atom stereocenters. The lowest BCUT2D eigenvalue weighted by Crippen LogP contribution is -2.45. The van der Waals surface area contributed by atoms with Crippen molar-refractivity contribution in [1.82, 2.24) is 5.32 Å². The van der Waals surface area contributed by atoms with E-state index in [0.717, 1.165) is 29.7 Å². The minimum absolute atomic E-state index is 0.000372. The van der Waals surface area contributed by atoms with Crippen LogP contribution in [0.15, 0.2) is 42.5 Å². The van der Waals surface area contributed by atoms with Crippen molar-refractivity contribution in [3.8, 4) is 6.07 Å². The first kappa shape index (κ1) is 22.0. The zero-order valence-corrected chi connectivity index (χ0v) is 18.2. The van der Waals surface area contributed by atoms with Crippen molar-refractivity contribution in [2.24, 2.45) is 0 Å². The number of thioether (sulfide) groups is 1. The van der Waals surface area contributed by atoms with Gasteiger partial charge >= 0.3 is 0 Å². The number of nitrogens with one attached hydrogen (secondary N) is 1. The Morgan fingerprint density at radius 1 is 1.17 bits per heavy atom. The second kappa shape index (κ2) is 10.4. The van der Waals surface area contributed by atoms with Crippen molar-refractivity contribution in [2.75, 3.05) is 25.5 Å². The summed E-state index contributed by atoms with van der Waals surface area (Å²) in [6, 6.07) is 15.1. The molecule has 1 fully saturated rings. The molecule has 0 bridgehead atoms. The lowest BCUT2D eigenvalue weighted by molar-refractivity contribution is -0.119. The predicted octanol–water partition coefficient (Wildman–Crippen LogP) is 4.96. The van der Waals surface area contributed by atoms with Crippen LogP contribution in [0.4, 0.5) is 0 Å². The van der Waals surface area contributed by atoms with E-state index >= 15 is 0 Å². The first-order valence-corrected chi connectivity index (χ1v) is 11.3. The molecule has 2 aromatic carbocycles. The normalized spacial score (nSPS) is 15.5. The Balaban J connectivity index is 1.56. The third-order valence-electron chi connectivity index (χ3n) is 5.16. The van der Waals surface area contributed by atoms with Crippen molar-refractivity contribution in [3.63, 3.8) is 0 Å². The summed E-state index contributed by atoms with van der Waals surface area (Å²) in [5.41, 5.74) is 2.50. The van der Waals surface area contributed by atoms with E-state index < -0.39 is 0 Å². The summed E-state index contributed by atoms with van der Waals surface area (Å²) in [6.07, 6.45) is 1.60. The highest BCUT2D eigenvalue weighted by molar-refractivity contribution is 7.99. The fraction of sp³-hybridized carbons (Fsp3) is 0.364. The number of ether oxygens (including phenoxy) is 1. The number of hydrogen-bond donors (Lipinski definition) is 1. The van der Waals surface area contributed by atoms with Crippen LogP contribution in [0.25, 0.3) is 0 Å². The summed E-state index contributed by atoms with van der Waals surface area (Å²) in [4.78, 5) is 12.4. The summed E-state index contributed by atoms with van der Waals surface area (Å²) in [5.74, 6) is 1.10. The summed E-state index contributed by atoms with van der Waals surface area (Å²) in [7, 11) is 0. The number of amides is 1. The van der Waals surface area contributed by atoms with Gasteiger partial charge in [0.1, 0.15) is 0 Å². The first-order valence-electron chi connectivity index (χ1n) is 9.39. The van der Waals surface area contributed by atoms with E-state index in [1.165, 1.54) is 0 Å². The van der Waals surface area contributed by atoms with Crippen molar-refractivity contribution in [3.05, 3.63) is 69.2 Å². The molecule has 1 aliphatic heterocycles. The maximum Gasteiger partial charge on any atom is 0.230 e. The Bertz CT molecular complexity index is 891. The molecule has 1 heterocycles. The highest BCUT2D eigenvalue weighted by Crippen LogP contribution is 2.39. The predicted molar refractivity (Wildman–Crippen MR) is 119 cm³/mol. The third kappa shape index (κ3) is 5.90. The van der Waals surface area contributed by atoms with Gasteiger partial charge in [0.25, 0.3) is 0 Å². The number of nitrogens with zero attached hydrogens (tertiary/aromatic N) is 1. The van der Waals surface area contributed by atoms with Gasteiger partial charge in [0.15, 0.2) is 0 Å². The molecule has 7 heteroatoms. The molecule has 29 heavy (non-hydrogen) atoms. The van der Waals surface area contributed by atoms with Gasteiger partial charge in [-0.25, -0.2) is 0 Å². The molecule has 1 amide bonds. The van der Waals surface area contributed by atoms with Crippen LogP contribution >= 0.6 is 35.0 Å². The largest absolute Gasteiger partial charge is 0.381 e. The topological polar surface area (TPSA) is 62.1 Å². The summed E-state index contributed by atoms with van der Waals surface area (Å²) in [5, 5.41) is 13.2. The minimum atomic E-state index is -0.243. The monoisotopic (exact) mass is 448 g/mol. The highest BCUT2D eigenvalue weighted by atomic mass is 35.5. The first-order chi connectivity index (χ1) is 14.0. The van der Waals surface area contributed by atoms with Crippen LogP contribution in [-0.2, 0) is 20.7 Å². The lowest BCUT2D eigenvalue weighted by Gasteiger charge is -2.38. The molecular weight excluding hydrogens is 427 g/mol. The molecule has 0 spiro atoms. The molecule has 2 aromatic rings. The fourth-order valence-corrected chi connectivity index (χ4v) is 4.91. The Hall–Kier alpha value is -1.71. The van der Waals surface area contributed by atoms with Crippen LogP contribution in [0.2, 0.25) is 10.0 Å².